The number of hydrogen-bond acceptors (Lipinski definition) is 6. The number of anilines is 2. The fourth-order valence-corrected chi connectivity index (χ4v) is 4.15. The first kappa shape index (κ1) is 19.7. The van der Waals surface area contributed by atoms with Crippen LogP contribution < -0.4 is 10.6 Å². The van der Waals surface area contributed by atoms with Crippen LogP contribution in [0.5, 0.6) is 0 Å². The summed E-state index contributed by atoms with van der Waals surface area (Å²) >= 11 is 8.75. The Morgan fingerprint density at radius 2 is 2.00 bits per heavy atom. The van der Waals surface area contributed by atoms with E-state index in [-0.39, 0.29) is 11.8 Å². The molecule has 0 fully saturated rings. The number of amides is 1. The molecule has 2 N–H and O–H groups in total. The molecule has 8 heteroatoms. The lowest BCUT2D eigenvalue weighted by Gasteiger charge is -2.12. The molecule has 0 spiro atoms. The van der Waals surface area contributed by atoms with Crippen LogP contribution in [-0.2, 0) is 4.79 Å². The van der Waals surface area contributed by atoms with E-state index >= 15 is 0 Å². The van der Waals surface area contributed by atoms with Crippen LogP contribution in [0.1, 0.15) is 18.4 Å². The maximum Gasteiger partial charge on any atom is 0.230 e. The van der Waals surface area contributed by atoms with Crippen LogP contribution in [0.2, 0.25) is 5.02 Å². The van der Waals surface area contributed by atoms with E-state index in [9.17, 15) is 4.79 Å². The molecule has 140 valence electrons. The van der Waals surface area contributed by atoms with Gasteiger partial charge in [-0.3, -0.25) is 4.79 Å². The third kappa shape index (κ3) is 6.23. The van der Waals surface area contributed by atoms with E-state index in [4.69, 9.17) is 11.6 Å². The molecule has 1 amide bonds. The third-order valence-electron chi connectivity index (χ3n) is 3.78. The highest BCUT2D eigenvalue weighted by Gasteiger charge is 2.10. The first-order valence-corrected chi connectivity index (χ1v) is 10.6. The monoisotopic (exact) mass is 418 g/mol. The molecule has 0 aliphatic heterocycles. The standard InChI is InChI=1S/C19H19ClN4OS2/c1-13(14-6-3-2-4-7-14)11-21-17(25)12-26-19-24-23-18(27-19)22-16-9-5-8-15(20)10-16/h2-10,13H,11-12H2,1H3,(H,21,25)(H,22,23)/t13-/m0/s1. The molecule has 0 unspecified atom stereocenters. The first-order chi connectivity index (χ1) is 13.1. The molecular weight excluding hydrogens is 400 g/mol. The highest BCUT2D eigenvalue weighted by atomic mass is 35.5. The molecule has 0 saturated heterocycles. The van der Waals surface area contributed by atoms with E-state index in [1.165, 1.54) is 28.7 Å². The van der Waals surface area contributed by atoms with Gasteiger partial charge in [0.2, 0.25) is 11.0 Å². The number of nitrogens with one attached hydrogen (secondary N) is 2. The fraction of sp³-hybridized carbons (Fsp3) is 0.211. The predicted molar refractivity (Wildman–Crippen MR) is 113 cm³/mol. The summed E-state index contributed by atoms with van der Waals surface area (Å²) < 4.78 is 0.741. The molecule has 0 bridgehead atoms. The van der Waals surface area contributed by atoms with Crippen LogP contribution >= 0.6 is 34.7 Å². The van der Waals surface area contributed by atoms with Crippen molar-refractivity contribution in [2.45, 2.75) is 17.2 Å². The van der Waals surface area contributed by atoms with E-state index < -0.39 is 0 Å². The number of carbonyl (C=O) groups excluding carboxylic acids is 1. The lowest BCUT2D eigenvalue weighted by atomic mass is 10.0. The molecule has 5 nitrogen and oxygen atoms in total. The SMILES string of the molecule is C[C@@H](CNC(=O)CSc1nnc(Nc2cccc(Cl)c2)s1)c1ccccc1. The van der Waals surface area contributed by atoms with Crippen molar-refractivity contribution in [1.29, 1.82) is 0 Å². The zero-order valence-corrected chi connectivity index (χ0v) is 17.1. The molecule has 1 aromatic heterocycles. The van der Waals surface area contributed by atoms with Crippen molar-refractivity contribution in [2.24, 2.45) is 0 Å². The Balaban J connectivity index is 1.43. The Bertz CT molecular complexity index is 888. The van der Waals surface area contributed by atoms with Crippen LogP contribution in [0, 0.1) is 0 Å². The number of halogens is 1. The van der Waals surface area contributed by atoms with Gasteiger partial charge in [0, 0.05) is 17.3 Å². The number of hydrogen-bond donors (Lipinski definition) is 2. The highest BCUT2D eigenvalue weighted by molar-refractivity contribution is 8.01. The number of thioether (sulfide) groups is 1. The van der Waals surface area contributed by atoms with E-state index in [2.05, 4.69) is 39.9 Å². The zero-order chi connectivity index (χ0) is 19.1. The van der Waals surface area contributed by atoms with Crippen LogP contribution in [0.3, 0.4) is 0 Å². The average Bonchev–Trinajstić information content (AvgIpc) is 3.12. The van der Waals surface area contributed by atoms with E-state index in [0.717, 1.165) is 10.0 Å². The van der Waals surface area contributed by atoms with Gasteiger partial charge in [-0.1, -0.05) is 78.0 Å². The van der Waals surface area contributed by atoms with Crippen molar-refractivity contribution < 1.29 is 4.79 Å². The molecule has 0 radical (unpaired) electrons. The number of aromatic nitrogens is 2. The Labute approximate surface area is 171 Å². The van der Waals surface area contributed by atoms with Gasteiger partial charge in [0.1, 0.15) is 0 Å². The molecule has 0 saturated carbocycles. The van der Waals surface area contributed by atoms with Crippen molar-refractivity contribution in [3.63, 3.8) is 0 Å². The molecule has 1 heterocycles. The Morgan fingerprint density at radius 1 is 1.19 bits per heavy atom. The topological polar surface area (TPSA) is 66.9 Å². The van der Waals surface area contributed by atoms with Crippen molar-refractivity contribution in [3.8, 4) is 0 Å². The van der Waals surface area contributed by atoms with Gasteiger partial charge < -0.3 is 10.6 Å². The molecular formula is C19H19ClN4OS2. The van der Waals surface area contributed by atoms with Gasteiger partial charge in [-0.15, -0.1) is 10.2 Å². The Morgan fingerprint density at radius 3 is 2.78 bits per heavy atom. The number of nitrogens with zero attached hydrogens (tertiary/aromatic N) is 2. The molecule has 3 aromatic rings. The lowest BCUT2D eigenvalue weighted by Crippen LogP contribution is -2.28. The van der Waals surface area contributed by atoms with Crippen LogP contribution in [0.15, 0.2) is 58.9 Å². The minimum Gasteiger partial charge on any atom is -0.355 e. The summed E-state index contributed by atoms with van der Waals surface area (Å²) in [6, 6.07) is 17.5. The summed E-state index contributed by atoms with van der Waals surface area (Å²) in [5.74, 6) is 0.574. The van der Waals surface area contributed by atoms with Gasteiger partial charge in [0.05, 0.1) is 5.75 Å². The second-order valence-corrected chi connectivity index (χ2v) is 8.55. The fourth-order valence-electron chi connectivity index (χ4n) is 2.35. The molecule has 1 atom stereocenters. The summed E-state index contributed by atoms with van der Waals surface area (Å²) in [5, 5.41) is 15.6. The summed E-state index contributed by atoms with van der Waals surface area (Å²) in [7, 11) is 0. The number of rotatable bonds is 8. The summed E-state index contributed by atoms with van der Waals surface area (Å²) in [6.07, 6.45) is 0. The third-order valence-corrected chi connectivity index (χ3v) is 5.99. The molecule has 0 aliphatic carbocycles. The van der Waals surface area contributed by atoms with Crippen LogP contribution in [0.25, 0.3) is 0 Å². The second kappa shape index (κ2) is 9.73. The minimum atomic E-state index is -0.0117. The maximum absolute atomic E-state index is 12.1. The summed E-state index contributed by atoms with van der Waals surface area (Å²) in [5.41, 5.74) is 2.06. The number of carbonyl (C=O) groups is 1. The van der Waals surface area contributed by atoms with Gasteiger partial charge in [0.25, 0.3) is 0 Å². The number of benzene rings is 2. The molecule has 2 aromatic carbocycles. The second-order valence-electron chi connectivity index (χ2n) is 5.91. The zero-order valence-electron chi connectivity index (χ0n) is 14.7. The first-order valence-electron chi connectivity index (χ1n) is 8.40. The predicted octanol–water partition coefficient (Wildman–Crippen LogP) is 4.95. The average molecular weight is 419 g/mol. The van der Waals surface area contributed by atoms with Crippen molar-refractivity contribution in [3.05, 3.63) is 65.2 Å². The maximum atomic E-state index is 12.1. The summed E-state index contributed by atoms with van der Waals surface area (Å²) in [6.45, 7) is 2.71. The largest absolute Gasteiger partial charge is 0.355 e. The minimum absolute atomic E-state index is 0.0117. The van der Waals surface area contributed by atoms with E-state index in [1.54, 1.807) is 0 Å². The molecule has 0 aliphatic rings. The van der Waals surface area contributed by atoms with Gasteiger partial charge in [-0.05, 0) is 29.7 Å². The normalized spacial score (nSPS) is 11.8. The van der Waals surface area contributed by atoms with Gasteiger partial charge in [-0.2, -0.15) is 0 Å². The van der Waals surface area contributed by atoms with E-state index in [1.807, 2.05) is 42.5 Å². The van der Waals surface area contributed by atoms with Crippen LogP contribution in [-0.4, -0.2) is 28.4 Å². The quantitative estimate of drug-likeness (QED) is 0.507. The van der Waals surface area contributed by atoms with Crippen molar-refractivity contribution in [1.82, 2.24) is 15.5 Å². The Hall–Kier alpha value is -2.09. The van der Waals surface area contributed by atoms with Crippen LogP contribution in [0.4, 0.5) is 10.8 Å². The molecule has 27 heavy (non-hydrogen) atoms. The summed E-state index contributed by atoms with van der Waals surface area (Å²) in [4.78, 5) is 12.1. The van der Waals surface area contributed by atoms with Crippen molar-refractivity contribution >= 4 is 51.4 Å². The lowest BCUT2D eigenvalue weighted by molar-refractivity contribution is -0.118. The van der Waals surface area contributed by atoms with Crippen molar-refractivity contribution in [2.75, 3.05) is 17.6 Å². The smallest absolute Gasteiger partial charge is 0.230 e. The van der Waals surface area contributed by atoms with E-state index in [0.29, 0.717) is 22.5 Å². The highest BCUT2D eigenvalue weighted by Crippen LogP contribution is 2.28. The van der Waals surface area contributed by atoms with Gasteiger partial charge in [-0.25, -0.2) is 0 Å². The van der Waals surface area contributed by atoms with Gasteiger partial charge >= 0.3 is 0 Å². The Kier molecular flexibility index (Phi) is 7.09. The molecule has 3 rings (SSSR count). The van der Waals surface area contributed by atoms with Gasteiger partial charge in [0.15, 0.2) is 4.34 Å².